The fourth-order valence-electron chi connectivity index (χ4n) is 1.69. The van der Waals surface area contributed by atoms with Crippen molar-refractivity contribution in [3.8, 4) is 0 Å². The number of hydrogen-bond acceptors (Lipinski definition) is 3. The van der Waals surface area contributed by atoms with Gasteiger partial charge in [-0.2, -0.15) is 26.3 Å². The number of carbonyl (C=O) groups is 1. The number of amides is 1. The number of halogens is 6. The molecule has 0 aliphatic heterocycles. The lowest BCUT2D eigenvalue weighted by Gasteiger charge is -2.20. The van der Waals surface area contributed by atoms with Gasteiger partial charge >= 0.3 is 12.4 Å². The average molecular weight is 331 g/mol. The molecule has 1 rings (SSSR count). The molecule has 0 saturated heterocycles. The molecule has 1 amide bonds. The van der Waals surface area contributed by atoms with Gasteiger partial charge in [0.25, 0.3) is 0 Å². The Bertz CT molecular complexity index is 523. The van der Waals surface area contributed by atoms with Crippen molar-refractivity contribution in [2.45, 2.75) is 31.0 Å². The molecule has 0 bridgehead atoms. The zero-order chi connectivity index (χ0) is 17.3. The molecule has 1 aromatic rings. The van der Waals surface area contributed by atoms with E-state index in [4.69, 9.17) is 5.73 Å². The maximum absolute atomic E-state index is 12.6. The second-order valence-electron chi connectivity index (χ2n) is 4.52. The van der Waals surface area contributed by atoms with E-state index >= 15 is 0 Å². The summed E-state index contributed by atoms with van der Waals surface area (Å²) in [4.78, 5) is 10.6. The molecule has 0 radical (unpaired) electrons. The zero-order valence-electron chi connectivity index (χ0n) is 10.7. The van der Waals surface area contributed by atoms with Crippen LogP contribution >= 0.6 is 0 Å². The molecule has 2 atom stereocenters. The lowest BCUT2D eigenvalue weighted by atomic mass is 9.97. The van der Waals surface area contributed by atoms with E-state index < -0.39 is 53.6 Å². The Hall–Kier alpha value is -1.81. The van der Waals surface area contributed by atoms with E-state index in [0.717, 1.165) is 0 Å². The largest absolute Gasteiger partial charge is 0.416 e. The first-order chi connectivity index (χ1) is 9.82. The highest BCUT2D eigenvalue weighted by Crippen LogP contribution is 2.37. The molecular formula is C12H11F6NO3. The maximum Gasteiger partial charge on any atom is 0.416 e. The summed E-state index contributed by atoms with van der Waals surface area (Å²) in [6.45, 7) is 0. The van der Waals surface area contributed by atoms with Crippen LogP contribution in [0.2, 0.25) is 0 Å². The molecule has 0 aromatic heterocycles. The van der Waals surface area contributed by atoms with Crippen molar-refractivity contribution in [3.63, 3.8) is 0 Å². The zero-order valence-corrected chi connectivity index (χ0v) is 10.7. The van der Waals surface area contributed by atoms with Crippen LogP contribution in [0.4, 0.5) is 26.3 Å². The van der Waals surface area contributed by atoms with Crippen molar-refractivity contribution in [2.24, 2.45) is 5.73 Å². The molecule has 0 saturated carbocycles. The van der Waals surface area contributed by atoms with Gasteiger partial charge < -0.3 is 15.9 Å². The number of benzene rings is 1. The topological polar surface area (TPSA) is 83.6 Å². The molecule has 0 aliphatic carbocycles. The minimum atomic E-state index is -5.08. The quantitative estimate of drug-likeness (QED) is 0.738. The standard InChI is InChI=1S/C12H11F6NO3/c13-11(14,15)6-1-5(2-7(3-6)12(16,17)18)10(22)8(20)4-9(19)21/h1-3,8,10,20,22H,4H2,(H2,19,21). The van der Waals surface area contributed by atoms with Gasteiger partial charge in [0.15, 0.2) is 0 Å². The van der Waals surface area contributed by atoms with Crippen molar-refractivity contribution >= 4 is 5.91 Å². The van der Waals surface area contributed by atoms with Gasteiger partial charge in [-0.1, -0.05) is 0 Å². The van der Waals surface area contributed by atoms with Gasteiger partial charge in [-0.05, 0) is 23.8 Å². The first kappa shape index (κ1) is 18.2. The van der Waals surface area contributed by atoms with Crippen molar-refractivity contribution in [1.29, 1.82) is 0 Å². The number of primary amides is 1. The summed E-state index contributed by atoms with van der Waals surface area (Å²) in [5, 5.41) is 19.0. The van der Waals surface area contributed by atoms with Crippen LogP contribution in [0.25, 0.3) is 0 Å². The van der Waals surface area contributed by atoms with Crippen LogP contribution in [0.5, 0.6) is 0 Å². The van der Waals surface area contributed by atoms with E-state index in [-0.39, 0.29) is 18.2 Å². The molecule has 2 unspecified atom stereocenters. The molecule has 10 heteroatoms. The van der Waals surface area contributed by atoms with E-state index in [0.29, 0.717) is 0 Å². The molecule has 4 nitrogen and oxygen atoms in total. The minimum absolute atomic E-state index is 0.114. The summed E-state index contributed by atoms with van der Waals surface area (Å²) in [5.41, 5.74) is 0.641. The molecule has 0 fully saturated rings. The maximum atomic E-state index is 12.6. The Labute approximate surface area is 120 Å². The van der Waals surface area contributed by atoms with Crippen LogP contribution in [0, 0.1) is 0 Å². The first-order valence-corrected chi connectivity index (χ1v) is 5.76. The number of nitrogens with two attached hydrogens (primary N) is 1. The Morgan fingerprint density at radius 2 is 1.41 bits per heavy atom. The van der Waals surface area contributed by atoms with Gasteiger partial charge in [-0.15, -0.1) is 0 Å². The van der Waals surface area contributed by atoms with E-state index in [1.165, 1.54) is 0 Å². The molecule has 1 aromatic carbocycles. The highest BCUT2D eigenvalue weighted by atomic mass is 19.4. The first-order valence-electron chi connectivity index (χ1n) is 5.76. The van der Waals surface area contributed by atoms with E-state index in [1.807, 2.05) is 0 Å². The number of hydrogen-bond donors (Lipinski definition) is 3. The van der Waals surface area contributed by atoms with Crippen LogP contribution in [0.15, 0.2) is 18.2 Å². The van der Waals surface area contributed by atoms with Crippen LogP contribution < -0.4 is 5.73 Å². The summed E-state index contributed by atoms with van der Waals surface area (Å²) >= 11 is 0. The van der Waals surface area contributed by atoms with Gasteiger partial charge in [0, 0.05) is 0 Å². The predicted octanol–water partition coefficient (Wildman–Crippen LogP) is 1.99. The Morgan fingerprint density at radius 1 is 1.00 bits per heavy atom. The van der Waals surface area contributed by atoms with E-state index in [9.17, 15) is 41.4 Å². The Kier molecular flexibility index (Phi) is 5.08. The van der Waals surface area contributed by atoms with Crippen LogP contribution in [0.1, 0.15) is 29.2 Å². The Balaban J connectivity index is 3.32. The molecule has 0 heterocycles. The monoisotopic (exact) mass is 331 g/mol. The summed E-state index contributed by atoms with van der Waals surface area (Å²) in [5.74, 6) is -1.07. The van der Waals surface area contributed by atoms with Crippen molar-refractivity contribution in [3.05, 3.63) is 34.9 Å². The SMILES string of the molecule is NC(=O)CC(O)C(O)c1cc(C(F)(F)F)cc(C(F)(F)F)c1. The fraction of sp³-hybridized carbons (Fsp3) is 0.417. The van der Waals surface area contributed by atoms with Crippen LogP contribution in [-0.4, -0.2) is 22.2 Å². The summed E-state index contributed by atoms with van der Waals surface area (Å²) in [6, 6.07) is 0.422. The van der Waals surface area contributed by atoms with E-state index in [1.54, 1.807) is 0 Å². The highest BCUT2D eigenvalue weighted by Gasteiger charge is 2.38. The number of carbonyl (C=O) groups excluding carboxylic acids is 1. The van der Waals surface area contributed by atoms with Crippen molar-refractivity contribution < 1.29 is 41.4 Å². The number of alkyl halides is 6. The normalized spacial score (nSPS) is 15.5. The number of aliphatic hydroxyl groups is 2. The van der Waals surface area contributed by atoms with Crippen molar-refractivity contribution in [1.82, 2.24) is 0 Å². The lowest BCUT2D eigenvalue weighted by molar-refractivity contribution is -0.143. The minimum Gasteiger partial charge on any atom is -0.390 e. The second kappa shape index (κ2) is 6.13. The van der Waals surface area contributed by atoms with Gasteiger partial charge in [0.1, 0.15) is 6.10 Å². The lowest BCUT2D eigenvalue weighted by Crippen LogP contribution is -2.26. The molecular weight excluding hydrogens is 320 g/mol. The molecule has 0 aliphatic rings. The third-order valence-electron chi connectivity index (χ3n) is 2.73. The van der Waals surface area contributed by atoms with Gasteiger partial charge in [-0.25, -0.2) is 0 Å². The summed E-state index contributed by atoms with van der Waals surface area (Å²) in [7, 11) is 0. The van der Waals surface area contributed by atoms with Crippen LogP contribution in [0.3, 0.4) is 0 Å². The van der Waals surface area contributed by atoms with Crippen LogP contribution in [-0.2, 0) is 17.1 Å². The molecule has 124 valence electrons. The molecule has 4 N–H and O–H groups in total. The van der Waals surface area contributed by atoms with Crippen molar-refractivity contribution in [2.75, 3.05) is 0 Å². The number of aliphatic hydroxyl groups excluding tert-OH is 2. The third kappa shape index (κ3) is 4.60. The number of rotatable bonds is 4. The van der Waals surface area contributed by atoms with Gasteiger partial charge in [0.2, 0.25) is 5.91 Å². The molecule has 22 heavy (non-hydrogen) atoms. The van der Waals surface area contributed by atoms with E-state index in [2.05, 4.69) is 0 Å². The summed E-state index contributed by atoms with van der Waals surface area (Å²) in [6.07, 6.45) is -15.0. The smallest absolute Gasteiger partial charge is 0.390 e. The second-order valence-corrected chi connectivity index (χ2v) is 4.52. The highest BCUT2D eigenvalue weighted by molar-refractivity contribution is 5.74. The van der Waals surface area contributed by atoms with Gasteiger partial charge in [0.05, 0.1) is 23.7 Å². The van der Waals surface area contributed by atoms with Gasteiger partial charge in [-0.3, -0.25) is 4.79 Å². The predicted molar refractivity (Wildman–Crippen MR) is 61.2 cm³/mol. The third-order valence-corrected chi connectivity index (χ3v) is 2.73. The summed E-state index contributed by atoms with van der Waals surface area (Å²) < 4.78 is 75.8. The fourth-order valence-corrected chi connectivity index (χ4v) is 1.69. The Morgan fingerprint density at radius 3 is 1.73 bits per heavy atom. The molecule has 0 spiro atoms. The average Bonchev–Trinajstić information content (AvgIpc) is 2.34.